The van der Waals surface area contributed by atoms with Crippen LogP contribution in [-0.4, -0.2) is 28.0 Å². The molecule has 1 aliphatic carbocycles. The fraction of sp³-hybridized carbons (Fsp3) is 0.318. The molecule has 3 heterocycles. The standard InChI is InChI=1S/C22H22N4S/c1-15(17-6-7-19-20(12-17)24-10-9-23-19)21-13-25-22(27-21)26-11-8-16-4-2-3-5-18(16)14-26/h2-7,9-10,12-13,15-16,18H,8,11,14H2,1H3. The van der Waals surface area contributed by atoms with Gasteiger partial charge in [-0.1, -0.05) is 37.3 Å². The van der Waals surface area contributed by atoms with Gasteiger partial charge in [0.05, 0.1) is 11.0 Å². The number of piperidine rings is 1. The Morgan fingerprint density at radius 1 is 1.04 bits per heavy atom. The number of thiazole rings is 1. The minimum absolute atomic E-state index is 0.303. The summed E-state index contributed by atoms with van der Waals surface area (Å²) in [6.07, 6.45) is 15.8. The van der Waals surface area contributed by atoms with Crippen molar-refractivity contribution in [3.63, 3.8) is 0 Å². The molecule has 0 amide bonds. The van der Waals surface area contributed by atoms with E-state index < -0.39 is 0 Å². The van der Waals surface area contributed by atoms with Crippen LogP contribution in [0.5, 0.6) is 0 Å². The van der Waals surface area contributed by atoms with E-state index in [-0.39, 0.29) is 0 Å². The second kappa shape index (κ2) is 6.89. The van der Waals surface area contributed by atoms with Crippen LogP contribution in [0.2, 0.25) is 0 Å². The minimum atomic E-state index is 0.303. The predicted molar refractivity (Wildman–Crippen MR) is 111 cm³/mol. The maximum atomic E-state index is 4.76. The van der Waals surface area contributed by atoms with Crippen LogP contribution in [0.3, 0.4) is 0 Å². The molecule has 3 aromatic rings. The molecule has 5 heteroatoms. The lowest BCUT2D eigenvalue weighted by atomic mass is 9.83. The van der Waals surface area contributed by atoms with Crippen molar-refractivity contribution in [3.05, 3.63) is 71.5 Å². The predicted octanol–water partition coefficient (Wildman–Crippen LogP) is 4.81. The number of allylic oxidation sites excluding steroid dienone is 3. The number of rotatable bonds is 3. The van der Waals surface area contributed by atoms with Crippen molar-refractivity contribution in [2.24, 2.45) is 11.8 Å². The first-order chi connectivity index (χ1) is 13.3. The van der Waals surface area contributed by atoms with Gasteiger partial charge in [0, 0.05) is 48.4 Å². The Kier molecular flexibility index (Phi) is 4.24. The summed E-state index contributed by atoms with van der Waals surface area (Å²) in [4.78, 5) is 17.3. The van der Waals surface area contributed by atoms with Gasteiger partial charge in [0.1, 0.15) is 0 Å². The number of benzene rings is 1. The lowest BCUT2D eigenvalue weighted by Crippen LogP contribution is -2.39. The Morgan fingerprint density at radius 3 is 2.74 bits per heavy atom. The van der Waals surface area contributed by atoms with E-state index in [0.717, 1.165) is 29.3 Å². The lowest BCUT2D eigenvalue weighted by Gasteiger charge is -2.37. The molecular weight excluding hydrogens is 352 g/mol. The molecule has 1 saturated heterocycles. The van der Waals surface area contributed by atoms with E-state index in [1.807, 2.05) is 17.5 Å². The van der Waals surface area contributed by atoms with Crippen LogP contribution in [-0.2, 0) is 0 Å². The molecule has 5 rings (SSSR count). The first-order valence-electron chi connectivity index (χ1n) is 9.54. The monoisotopic (exact) mass is 374 g/mol. The zero-order valence-electron chi connectivity index (χ0n) is 15.3. The second-order valence-electron chi connectivity index (χ2n) is 7.40. The molecule has 3 atom stereocenters. The Balaban J connectivity index is 1.36. The molecule has 0 radical (unpaired) electrons. The van der Waals surface area contributed by atoms with Crippen molar-refractivity contribution in [1.82, 2.24) is 15.0 Å². The van der Waals surface area contributed by atoms with Crippen LogP contribution in [0.1, 0.15) is 29.7 Å². The van der Waals surface area contributed by atoms with Crippen molar-refractivity contribution in [2.75, 3.05) is 18.0 Å². The highest BCUT2D eigenvalue weighted by molar-refractivity contribution is 7.15. The average Bonchev–Trinajstić information content (AvgIpc) is 3.23. The van der Waals surface area contributed by atoms with E-state index in [4.69, 9.17) is 4.98 Å². The molecule has 3 unspecified atom stereocenters. The zero-order valence-corrected chi connectivity index (χ0v) is 16.1. The van der Waals surface area contributed by atoms with Crippen LogP contribution in [0.15, 0.2) is 61.1 Å². The van der Waals surface area contributed by atoms with Crippen LogP contribution in [0, 0.1) is 11.8 Å². The van der Waals surface area contributed by atoms with Gasteiger partial charge >= 0.3 is 0 Å². The van der Waals surface area contributed by atoms with Crippen LogP contribution in [0.4, 0.5) is 5.13 Å². The molecule has 1 aliphatic heterocycles. The third kappa shape index (κ3) is 3.16. The molecule has 2 aliphatic rings. The first-order valence-corrected chi connectivity index (χ1v) is 10.4. The molecule has 0 N–H and O–H groups in total. The van der Waals surface area contributed by atoms with Gasteiger partial charge in [0.25, 0.3) is 0 Å². The minimum Gasteiger partial charge on any atom is -0.347 e. The highest BCUT2D eigenvalue weighted by atomic mass is 32.1. The average molecular weight is 375 g/mol. The molecule has 2 aromatic heterocycles. The molecule has 4 nitrogen and oxygen atoms in total. The van der Waals surface area contributed by atoms with Gasteiger partial charge in [0.15, 0.2) is 5.13 Å². The summed E-state index contributed by atoms with van der Waals surface area (Å²) in [5.41, 5.74) is 3.15. The summed E-state index contributed by atoms with van der Waals surface area (Å²) in [7, 11) is 0. The molecular formula is C22H22N4S. The zero-order chi connectivity index (χ0) is 18.2. The van der Waals surface area contributed by atoms with Gasteiger partial charge in [-0.05, 0) is 30.0 Å². The van der Waals surface area contributed by atoms with Crippen LogP contribution >= 0.6 is 11.3 Å². The van der Waals surface area contributed by atoms with Gasteiger partial charge in [-0.3, -0.25) is 9.97 Å². The van der Waals surface area contributed by atoms with Crippen LogP contribution < -0.4 is 4.90 Å². The molecule has 0 saturated carbocycles. The van der Waals surface area contributed by atoms with E-state index in [1.54, 1.807) is 12.4 Å². The van der Waals surface area contributed by atoms with E-state index >= 15 is 0 Å². The smallest absolute Gasteiger partial charge is 0.185 e. The third-order valence-corrected chi connectivity index (χ3v) is 6.98. The van der Waals surface area contributed by atoms with Gasteiger partial charge in [0.2, 0.25) is 0 Å². The largest absolute Gasteiger partial charge is 0.347 e. The molecule has 27 heavy (non-hydrogen) atoms. The van der Waals surface area contributed by atoms with Crippen molar-refractivity contribution in [1.29, 1.82) is 0 Å². The number of hydrogen-bond donors (Lipinski definition) is 0. The maximum Gasteiger partial charge on any atom is 0.185 e. The van der Waals surface area contributed by atoms with Gasteiger partial charge < -0.3 is 4.90 Å². The second-order valence-corrected chi connectivity index (χ2v) is 8.44. The lowest BCUT2D eigenvalue weighted by molar-refractivity contribution is 0.388. The number of anilines is 1. The Morgan fingerprint density at radius 2 is 1.85 bits per heavy atom. The van der Waals surface area contributed by atoms with Crippen LogP contribution in [0.25, 0.3) is 11.0 Å². The Hall–Kier alpha value is -2.53. The fourth-order valence-corrected chi connectivity index (χ4v) is 5.10. The third-order valence-electron chi connectivity index (χ3n) is 5.74. The van der Waals surface area contributed by atoms with E-state index in [0.29, 0.717) is 17.8 Å². The van der Waals surface area contributed by atoms with E-state index in [2.05, 4.69) is 64.3 Å². The highest BCUT2D eigenvalue weighted by Gasteiger charge is 2.28. The number of fused-ring (bicyclic) bond motifs is 2. The van der Waals surface area contributed by atoms with Gasteiger partial charge in [-0.25, -0.2) is 4.98 Å². The number of nitrogens with zero attached hydrogens (tertiary/aromatic N) is 4. The Bertz CT molecular complexity index is 1020. The molecule has 0 bridgehead atoms. The summed E-state index contributed by atoms with van der Waals surface area (Å²) in [5, 5.41) is 1.15. The van der Waals surface area contributed by atoms with Gasteiger partial charge in [-0.2, -0.15) is 0 Å². The molecule has 1 fully saturated rings. The first kappa shape index (κ1) is 16.6. The molecule has 136 valence electrons. The summed E-state index contributed by atoms with van der Waals surface area (Å²) >= 11 is 1.82. The topological polar surface area (TPSA) is 41.9 Å². The summed E-state index contributed by atoms with van der Waals surface area (Å²) in [6, 6.07) is 6.37. The highest BCUT2D eigenvalue weighted by Crippen LogP contribution is 2.36. The van der Waals surface area contributed by atoms with Crippen molar-refractivity contribution in [3.8, 4) is 0 Å². The van der Waals surface area contributed by atoms with Crippen molar-refractivity contribution >= 4 is 27.5 Å². The number of aromatic nitrogens is 3. The quantitative estimate of drug-likeness (QED) is 0.660. The number of hydrogen-bond acceptors (Lipinski definition) is 5. The molecule has 1 aromatic carbocycles. The van der Waals surface area contributed by atoms with Crippen molar-refractivity contribution < 1.29 is 0 Å². The fourth-order valence-electron chi connectivity index (χ4n) is 4.07. The maximum absolute atomic E-state index is 4.76. The van der Waals surface area contributed by atoms with E-state index in [9.17, 15) is 0 Å². The SMILES string of the molecule is CC(c1ccc2nccnc2c1)c1cnc(N2CCC3C=CC=CC3C2)s1. The summed E-state index contributed by atoms with van der Waals surface area (Å²) in [5.74, 6) is 1.62. The van der Waals surface area contributed by atoms with Gasteiger partial charge in [-0.15, -0.1) is 11.3 Å². The summed E-state index contributed by atoms with van der Waals surface area (Å²) in [6.45, 7) is 4.40. The summed E-state index contributed by atoms with van der Waals surface area (Å²) < 4.78 is 0. The Labute approximate surface area is 163 Å². The van der Waals surface area contributed by atoms with E-state index in [1.165, 1.54) is 16.9 Å². The normalized spacial score (nSPS) is 22.8. The van der Waals surface area contributed by atoms with Crippen molar-refractivity contribution in [2.45, 2.75) is 19.3 Å². The molecule has 0 spiro atoms.